The molecule has 0 bridgehead atoms. The Balaban J connectivity index is 1.85. The summed E-state index contributed by atoms with van der Waals surface area (Å²) in [4.78, 5) is 4.09. The number of halogens is 1. The fourth-order valence-corrected chi connectivity index (χ4v) is 1.88. The summed E-state index contributed by atoms with van der Waals surface area (Å²) in [6, 6.07) is 2.03. The highest BCUT2D eigenvalue weighted by molar-refractivity contribution is 9.10. The number of hydrogen-bond acceptors (Lipinski definition) is 3. The van der Waals surface area contributed by atoms with Gasteiger partial charge in [-0.15, -0.1) is 0 Å². The zero-order valence-electron chi connectivity index (χ0n) is 7.87. The van der Waals surface area contributed by atoms with E-state index < -0.39 is 0 Å². The maximum absolute atomic E-state index is 5.30. The van der Waals surface area contributed by atoms with Crippen LogP contribution in [0.3, 0.4) is 0 Å². The van der Waals surface area contributed by atoms with Crippen molar-refractivity contribution in [2.75, 3.05) is 25.1 Å². The second-order valence-corrected chi connectivity index (χ2v) is 4.42. The van der Waals surface area contributed by atoms with Gasteiger partial charge >= 0.3 is 0 Å². The lowest BCUT2D eigenvalue weighted by atomic mass is 10.1. The van der Waals surface area contributed by atoms with E-state index in [1.165, 1.54) is 0 Å². The van der Waals surface area contributed by atoms with Gasteiger partial charge in [-0.05, 0) is 28.4 Å². The summed E-state index contributed by atoms with van der Waals surface area (Å²) in [7, 11) is 0. The standard InChI is InChI=1S/C10H13BrN2O/c11-9-3-10(6-12-5-9)13-4-8-1-2-14-7-8/h3,5-6,8,13H,1-2,4,7H2/t8-/m0/s1. The highest BCUT2D eigenvalue weighted by Gasteiger charge is 2.14. The Kier molecular flexibility index (Phi) is 3.37. The summed E-state index contributed by atoms with van der Waals surface area (Å²) in [5.74, 6) is 0.647. The molecular weight excluding hydrogens is 244 g/mol. The van der Waals surface area contributed by atoms with Crippen molar-refractivity contribution >= 4 is 21.6 Å². The zero-order valence-corrected chi connectivity index (χ0v) is 9.46. The molecule has 1 fully saturated rings. The highest BCUT2D eigenvalue weighted by atomic mass is 79.9. The number of pyridine rings is 1. The van der Waals surface area contributed by atoms with Crippen molar-refractivity contribution in [3.05, 3.63) is 22.9 Å². The van der Waals surface area contributed by atoms with Crippen LogP contribution < -0.4 is 5.32 Å². The summed E-state index contributed by atoms with van der Waals surface area (Å²) in [6.45, 7) is 2.76. The van der Waals surface area contributed by atoms with Gasteiger partial charge in [0.2, 0.25) is 0 Å². The average molecular weight is 257 g/mol. The Bertz CT molecular complexity index is 300. The quantitative estimate of drug-likeness (QED) is 0.902. The van der Waals surface area contributed by atoms with Crippen molar-refractivity contribution in [1.29, 1.82) is 0 Å². The molecule has 1 aliphatic rings. The minimum atomic E-state index is 0.647. The summed E-state index contributed by atoms with van der Waals surface area (Å²) < 4.78 is 6.31. The molecule has 2 heterocycles. The smallest absolute Gasteiger partial charge is 0.0538 e. The van der Waals surface area contributed by atoms with E-state index in [1.54, 1.807) is 6.20 Å². The minimum Gasteiger partial charge on any atom is -0.383 e. The number of hydrogen-bond donors (Lipinski definition) is 1. The van der Waals surface area contributed by atoms with E-state index in [4.69, 9.17) is 4.74 Å². The second-order valence-electron chi connectivity index (χ2n) is 3.50. The average Bonchev–Trinajstić information content (AvgIpc) is 2.67. The first-order valence-electron chi connectivity index (χ1n) is 4.77. The van der Waals surface area contributed by atoms with Crippen molar-refractivity contribution in [2.45, 2.75) is 6.42 Å². The van der Waals surface area contributed by atoms with Crippen LogP contribution in [0.25, 0.3) is 0 Å². The Morgan fingerprint density at radius 1 is 1.57 bits per heavy atom. The molecule has 1 aromatic rings. The maximum atomic E-state index is 5.30. The van der Waals surface area contributed by atoms with E-state index in [-0.39, 0.29) is 0 Å². The van der Waals surface area contributed by atoms with Crippen LogP contribution in [0.5, 0.6) is 0 Å². The summed E-state index contributed by atoms with van der Waals surface area (Å²) >= 11 is 3.39. The van der Waals surface area contributed by atoms with Gasteiger partial charge in [-0.2, -0.15) is 0 Å². The van der Waals surface area contributed by atoms with Crippen LogP contribution in [0.15, 0.2) is 22.9 Å². The molecule has 76 valence electrons. The topological polar surface area (TPSA) is 34.2 Å². The van der Waals surface area contributed by atoms with Crippen LogP contribution in [0.1, 0.15) is 6.42 Å². The number of rotatable bonds is 3. The lowest BCUT2D eigenvalue weighted by Crippen LogP contribution is -2.14. The van der Waals surface area contributed by atoms with Crippen LogP contribution in [0, 0.1) is 5.92 Å². The van der Waals surface area contributed by atoms with E-state index in [9.17, 15) is 0 Å². The molecule has 0 spiro atoms. The molecule has 0 saturated carbocycles. The molecule has 0 unspecified atom stereocenters. The SMILES string of the molecule is Brc1cncc(NC[C@@H]2CCOC2)c1. The Labute approximate surface area is 92.0 Å². The number of ether oxygens (including phenoxy) is 1. The van der Waals surface area contributed by atoms with Crippen molar-refractivity contribution in [3.8, 4) is 0 Å². The predicted molar refractivity (Wildman–Crippen MR) is 59.4 cm³/mol. The van der Waals surface area contributed by atoms with E-state index in [0.29, 0.717) is 5.92 Å². The molecule has 0 aromatic carbocycles. The zero-order chi connectivity index (χ0) is 9.80. The molecular formula is C10H13BrN2O. The van der Waals surface area contributed by atoms with Crippen LogP contribution in [0.2, 0.25) is 0 Å². The molecule has 14 heavy (non-hydrogen) atoms. The van der Waals surface area contributed by atoms with Gasteiger partial charge in [0.15, 0.2) is 0 Å². The van der Waals surface area contributed by atoms with Crippen molar-refractivity contribution in [1.82, 2.24) is 4.98 Å². The first-order chi connectivity index (χ1) is 6.84. The van der Waals surface area contributed by atoms with Crippen molar-refractivity contribution in [3.63, 3.8) is 0 Å². The van der Waals surface area contributed by atoms with Gasteiger partial charge < -0.3 is 10.1 Å². The van der Waals surface area contributed by atoms with Gasteiger partial charge in [-0.3, -0.25) is 4.98 Å². The third-order valence-electron chi connectivity index (χ3n) is 2.32. The van der Waals surface area contributed by atoms with E-state index in [2.05, 4.69) is 26.2 Å². The maximum Gasteiger partial charge on any atom is 0.0538 e. The molecule has 0 radical (unpaired) electrons. The number of aromatic nitrogens is 1. The van der Waals surface area contributed by atoms with Crippen LogP contribution in [0.4, 0.5) is 5.69 Å². The van der Waals surface area contributed by atoms with Crippen molar-refractivity contribution in [2.24, 2.45) is 5.92 Å². The normalized spacial score (nSPS) is 21.1. The van der Waals surface area contributed by atoms with Gasteiger partial charge in [-0.25, -0.2) is 0 Å². The van der Waals surface area contributed by atoms with Gasteiger partial charge in [-0.1, -0.05) is 0 Å². The molecule has 0 aliphatic carbocycles. The molecule has 4 heteroatoms. The number of nitrogens with one attached hydrogen (secondary N) is 1. The molecule has 0 amide bonds. The first kappa shape index (κ1) is 9.93. The van der Waals surface area contributed by atoms with Gasteiger partial charge in [0.1, 0.15) is 0 Å². The number of anilines is 1. The fraction of sp³-hybridized carbons (Fsp3) is 0.500. The van der Waals surface area contributed by atoms with E-state index in [1.807, 2.05) is 12.3 Å². The van der Waals surface area contributed by atoms with E-state index in [0.717, 1.165) is 36.3 Å². The van der Waals surface area contributed by atoms with Crippen LogP contribution in [-0.4, -0.2) is 24.7 Å². The highest BCUT2D eigenvalue weighted by Crippen LogP contribution is 2.16. The second kappa shape index (κ2) is 4.75. The minimum absolute atomic E-state index is 0.647. The molecule has 1 N–H and O–H groups in total. The number of nitrogens with zero attached hydrogens (tertiary/aromatic N) is 1. The molecule has 1 saturated heterocycles. The largest absolute Gasteiger partial charge is 0.383 e. The lowest BCUT2D eigenvalue weighted by molar-refractivity contribution is 0.187. The fourth-order valence-electron chi connectivity index (χ4n) is 1.52. The monoisotopic (exact) mass is 256 g/mol. The Hall–Kier alpha value is -0.610. The van der Waals surface area contributed by atoms with Gasteiger partial charge in [0.05, 0.1) is 18.5 Å². The molecule has 3 nitrogen and oxygen atoms in total. The molecule has 1 aliphatic heterocycles. The van der Waals surface area contributed by atoms with Gasteiger partial charge in [0, 0.05) is 29.7 Å². The van der Waals surface area contributed by atoms with E-state index >= 15 is 0 Å². The first-order valence-corrected chi connectivity index (χ1v) is 5.56. The molecule has 1 atom stereocenters. The van der Waals surface area contributed by atoms with Crippen molar-refractivity contribution < 1.29 is 4.74 Å². The lowest BCUT2D eigenvalue weighted by Gasteiger charge is -2.10. The summed E-state index contributed by atoms with van der Waals surface area (Å²) in [5.41, 5.74) is 1.06. The van der Waals surface area contributed by atoms with Gasteiger partial charge in [0.25, 0.3) is 0 Å². The molecule has 2 rings (SSSR count). The Morgan fingerprint density at radius 2 is 2.50 bits per heavy atom. The van der Waals surface area contributed by atoms with Crippen LogP contribution >= 0.6 is 15.9 Å². The summed E-state index contributed by atoms with van der Waals surface area (Å²) in [6.07, 6.45) is 4.78. The summed E-state index contributed by atoms with van der Waals surface area (Å²) in [5, 5.41) is 3.35. The van der Waals surface area contributed by atoms with Crippen LogP contribution in [-0.2, 0) is 4.74 Å². The predicted octanol–water partition coefficient (Wildman–Crippen LogP) is 2.29. The molecule has 1 aromatic heterocycles. The Morgan fingerprint density at radius 3 is 3.21 bits per heavy atom. The third-order valence-corrected chi connectivity index (χ3v) is 2.76. The third kappa shape index (κ3) is 2.69.